The summed E-state index contributed by atoms with van der Waals surface area (Å²) in [5.74, 6) is 1.81. The molecular formula is C14H30N2. The van der Waals surface area contributed by atoms with Crippen LogP contribution in [0.1, 0.15) is 52.4 Å². The zero-order chi connectivity index (χ0) is 11.8. The van der Waals surface area contributed by atoms with Crippen molar-refractivity contribution in [3.05, 3.63) is 0 Å². The van der Waals surface area contributed by atoms with Gasteiger partial charge in [0.2, 0.25) is 0 Å². The highest BCUT2D eigenvalue weighted by Crippen LogP contribution is 2.21. The Bertz CT molecular complexity index is 170. The van der Waals surface area contributed by atoms with Gasteiger partial charge in [-0.2, -0.15) is 0 Å². The third kappa shape index (κ3) is 5.31. The summed E-state index contributed by atoms with van der Waals surface area (Å²) in [6.07, 6.45) is 8.13. The van der Waals surface area contributed by atoms with Gasteiger partial charge in [-0.15, -0.1) is 0 Å². The smallest absolute Gasteiger partial charge is 0.00101 e. The summed E-state index contributed by atoms with van der Waals surface area (Å²) >= 11 is 0. The molecule has 2 nitrogen and oxygen atoms in total. The van der Waals surface area contributed by atoms with Crippen LogP contribution in [-0.2, 0) is 0 Å². The summed E-state index contributed by atoms with van der Waals surface area (Å²) in [6.45, 7) is 9.50. The van der Waals surface area contributed by atoms with Crippen LogP contribution >= 0.6 is 0 Å². The van der Waals surface area contributed by atoms with Crippen LogP contribution in [0.15, 0.2) is 0 Å². The number of rotatable bonds is 8. The molecule has 96 valence electrons. The molecule has 2 unspecified atom stereocenters. The highest BCUT2D eigenvalue weighted by molar-refractivity contribution is 4.75. The van der Waals surface area contributed by atoms with E-state index in [-0.39, 0.29) is 0 Å². The Kier molecular flexibility index (Phi) is 7.06. The monoisotopic (exact) mass is 226 g/mol. The molecule has 1 aliphatic rings. The van der Waals surface area contributed by atoms with Crippen LogP contribution in [0.3, 0.4) is 0 Å². The van der Waals surface area contributed by atoms with Crippen molar-refractivity contribution in [2.24, 2.45) is 17.6 Å². The van der Waals surface area contributed by atoms with Gasteiger partial charge in [0.25, 0.3) is 0 Å². The van der Waals surface area contributed by atoms with E-state index in [1.807, 2.05) is 0 Å². The summed E-state index contributed by atoms with van der Waals surface area (Å²) in [5, 5.41) is 0. The molecule has 1 rings (SSSR count). The number of nitrogens with two attached hydrogens (primary N) is 1. The summed E-state index contributed by atoms with van der Waals surface area (Å²) in [6, 6.07) is 0. The standard InChI is InChI=1S/C14H30N2/c1-3-5-14-8-11-16(12-14)10-4-6-13(2)7-9-15/h13-14H,3-12,15H2,1-2H3. The summed E-state index contributed by atoms with van der Waals surface area (Å²) in [5.41, 5.74) is 5.56. The minimum absolute atomic E-state index is 0.819. The Morgan fingerprint density at radius 2 is 2.19 bits per heavy atom. The van der Waals surface area contributed by atoms with Gasteiger partial charge in [-0.3, -0.25) is 0 Å². The van der Waals surface area contributed by atoms with Gasteiger partial charge in [0.05, 0.1) is 0 Å². The molecular weight excluding hydrogens is 196 g/mol. The number of hydrogen-bond donors (Lipinski definition) is 1. The SMILES string of the molecule is CCCC1CCN(CCCC(C)CCN)C1. The molecule has 0 amide bonds. The summed E-state index contributed by atoms with van der Waals surface area (Å²) in [7, 11) is 0. The van der Waals surface area contributed by atoms with Crippen molar-refractivity contribution in [1.82, 2.24) is 4.90 Å². The highest BCUT2D eigenvalue weighted by Gasteiger charge is 2.20. The lowest BCUT2D eigenvalue weighted by atomic mass is 10.0. The molecule has 2 heteroatoms. The molecule has 0 saturated carbocycles. The van der Waals surface area contributed by atoms with E-state index in [9.17, 15) is 0 Å². The fourth-order valence-corrected chi connectivity index (χ4v) is 2.85. The largest absolute Gasteiger partial charge is 0.330 e. The zero-order valence-electron chi connectivity index (χ0n) is 11.3. The van der Waals surface area contributed by atoms with Gasteiger partial charge in [-0.25, -0.2) is 0 Å². The topological polar surface area (TPSA) is 29.3 Å². The van der Waals surface area contributed by atoms with Gasteiger partial charge in [0.1, 0.15) is 0 Å². The predicted octanol–water partition coefficient (Wildman–Crippen LogP) is 2.87. The first kappa shape index (κ1) is 14.0. The van der Waals surface area contributed by atoms with Crippen molar-refractivity contribution in [3.8, 4) is 0 Å². The van der Waals surface area contributed by atoms with E-state index in [1.165, 1.54) is 58.2 Å². The molecule has 16 heavy (non-hydrogen) atoms. The molecule has 1 saturated heterocycles. The molecule has 0 radical (unpaired) electrons. The van der Waals surface area contributed by atoms with Crippen LogP contribution in [-0.4, -0.2) is 31.1 Å². The molecule has 0 aromatic carbocycles. The van der Waals surface area contributed by atoms with Crippen LogP contribution in [0.4, 0.5) is 0 Å². The Morgan fingerprint density at radius 1 is 1.38 bits per heavy atom. The molecule has 2 N–H and O–H groups in total. The maximum atomic E-state index is 5.56. The third-order valence-electron chi connectivity index (χ3n) is 3.90. The van der Waals surface area contributed by atoms with Crippen molar-refractivity contribution in [2.45, 2.75) is 52.4 Å². The van der Waals surface area contributed by atoms with Crippen molar-refractivity contribution in [2.75, 3.05) is 26.2 Å². The minimum Gasteiger partial charge on any atom is -0.330 e. The Labute approximate surface area is 102 Å². The van der Waals surface area contributed by atoms with E-state index in [0.717, 1.165) is 18.4 Å². The molecule has 0 bridgehead atoms. The highest BCUT2D eigenvalue weighted by atomic mass is 15.1. The first-order valence-corrected chi connectivity index (χ1v) is 7.18. The minimum atomic E-state index is 0.819. The molecule has 0 spiro atoms. The first-order valence-electron chi connectivity index (χ1n) is 7.18. The van der Waals surface area contributed by atoms with Gasteiger partial charge in [0.15, 0.2) is 0 Å². The quantitative estimate of drug-likeness (QED) is 0.689. The lowest BCUT2D eigenvalue weighted by Gasteiger charge is -2.17. The van der Waals surface area contributed by atoms with Gasteiger partial charge in [0, 0.05) is 6.54 Å². The van der Waals surface area contributed by atoms with Crippen molar-refractivity contribution in [1.29, 1.82) is 0 Å². The van der Waals surface area contributed by atoms with E-state index in [2.05, 4.69) is 18.7 Å². The molecule has 0 aliphatic carbocycles. The third-order valence-corrected chi connectivity index (χ3v) is 3.90. The predicted molar refractivity (Wildman–Crippen MR) is 71.5 cm³/mol. The van der Waals surface area contributed by atoms with Gasteiger partial charge in [-0.1, -0.05) is 20.3 Å². The average molecular weight is 226 g/mol. The summed E-state index contributed by atoms with van der Waals surface area (Å²) < 4.78 is 0. The van der Waals surface area contributed by atoms with Crippen LogP contribution in [0, 0.1) is 11.8 Å². The Hall–Kier alpha value is -0.0800. The second-order valence-electron chi connectivity index (χ2n) is 5.57. The van der Waals surface area contributed by atoms with Crippen molar-refractivity contribution in [3.63, 3.8) is 0 Å². The number of hydrogen-bond acceptors (Lipinski definition) is 2. The van der Waals surface area contributed by atoms with Crippen LogP contribution < -0.4 is 5.73 Å². The second kappa shape index (κ2) is 8.08. The Morgan fingerprint density at radius 3 is 2.88 bits per heavy atom. The van der Waals surface area contributed by atoms with Crippen molar-refractivity contribution < 1.29 is 0 Å². The van der Waals surface area contributed by atoms with Gasteiger partial charge >= 0.3 is 0 Å². The lowest BCUT2D eigenvalue weighted by Crippen LogP contribution is -2.22. The molecule has 0 aromatic rings. The lowest BCUT2D eigenvalue weighted by molar-refractivity contribution is 0.301. The van der Waals surface area contributed by atoms with Crippen LogP contribution in [0.2, 0.25) is 0 Å². The van der Waals surface area contributed by atoms with E-state index in [1.54, 1.807) is 0 Å². The van der Waals surface area contributed by atoms with Gasteiger partial charge < -0.3 is 10.6 Å². The molecule has 0 aromatic heterocycles. The van der Waals surface area contributed by atoms with E-state index < -0.39 is 0 Å². The van der Waals surface area contributed by atoms with Crippen LogP contribution in [0.5, 0.6) is 0 Å². The fourth-order valence-electron chi connectivity index (χ4n) is 2.85. The number of nitrogens with zero attached hydrogens (tertiary/aromatic N) is 1. The van der Waals surface area contributed by atoms with Crippen LogP contribution in [0.25, 0.3) is 0 Å². The van der Waals surface area contributed by atoms with E-state index in [4.69, 9.17) is 5.73 Å². The number of likely N-dealkylation sites (tertiary alicyclic amines) is 1. The van der Waals surface area contributed by atoms with E-state index >= 15 is 0 Å². The molecule has 1 aliphatic heterocycles. The maximum Gasteiger partial charge on any atom is 0.00101 e. The zero-order valence-corrected chi connectivity index (χ0v) is 11.3. The maximum absolute atomic E-state index is 5.56. The van der Waals surface area contributed by atoms with Gasteiger partial charge in [-0.05, 0) is 63.6 Å². The molecule has 1 fully saturated rings. The molecule has 1 heterocycles. The first-order chi connectivity index (χ1) is 7.76. The molecule has 2 atom stereocenters. The normalized spacial score (nSPS) is 23.8. The second-order valence-corrected chi connectivity index (χ2v) is 5.57. The van der Waals surface area contributed by atoms with Crippen molar-refractivity contribution >= 4 is 0 Å². The summed E-state index contributed by atoms with van der Waals surface area (Å²) in [4.78, 5) is 2.66. The van der Waals surface area contributed by atoms with E-state index in [0.29, 0.717) is 0 Å². The fraction of sp³-hybridized carbons (Fsp3) is 1.00. The Balaban J connectivity index is 2.02. The average Bonchev–Trinajstić information content (AvgIpc) is 2.67.